The van der Waals surface area contributed by atoms with Crippen molar-refractivity contribution in [3.63, 3.8) is 0 Å². The fourth-order valence-electron chi connectivity index (χ4n) is 3.14. The maximum Gasteiger partial charge on any atom is 0.302 e. The van der Waals surface area contributed by atoms with Crippen LogP contribution in [0.4, 0.5) is 0 Å². The lowest BCUT2D eigenvalue weighted by Gasteiger charge is -2.33. The second kappa shape index (κ2) is 10.2. The van der Waals surface area contributed by atoms with E-state index in [9.17, 15) is 4.79 Å². The molecule has 3 heteroatoms. The van der Waals surface area contributed by atoms with Gasteiger partial charge in [-0.3, -0.25) is 4.79 Å². The fraction of sp³-hybridized carbons (Fsp3) is 0.591. The van der Waals surface area contributed by atoms with Gasteiger partial charge in [0.05, 0.1) is 0 Å². The van der Waals surface area contributed by atoms with Crippen LogP contribution in [0.25, 0.3) is 0 Å². The van der Waals surface area contributed by atoms with Gasteiger partial charge in [-0.2, -0.15) is 0 Å². The number of carbonyl (C=O) groups is 1. The van der Waals surface area contributed by atoms with E-state index < -0.39 is 0 Å². The molecule has 0 spiro atoms. The van der Waals surface area contributed by atoms with E-state index in [2.05, 4.69) is 67.9 Å². The molecule has 2 nitrogen and oxygen atoms in total. The summed E-state index contributed by atoms with van der Waals surface area (Å²) in [5, 5.41) is 0. The van der Waals surface area contributed by atoms with Crippen LogP contribution >= 0.6 is 15.9 Å². The summed E-state index contributed by atoms with van der Waals surface area (Å²) in [6.07, 6.45) is 14.6. The maximum atomic E-state index is 10.8. The van der Waals surface area contributed by atoms with Crippen molar-refractivity contribution in [3.8, 4) is 0 Å². The van der Waals surface area contributed by atoms with E-state index in [-0.39, 0.29) is 16.2 Å². The van der Waals surface area contributed by atoms with Crippen LogP contribution in [0.3, 0.4) is 0 Å². The number of ether oxygens (including phenoxy) is 1. The molecule has 0 aliphatic heterocycles. The van der Waals surface area contributed by atoms with Crippen LogP contribution in [0.1, 0.15) is 60.8 Å². The predicted molar refractivity (Wildman–Crippen MR) is 111 cm³/mol. The normalized spacial score (nSPS) is 21.0. The van der Waals surface area contributed by atoms with Crippen molar-refractivity contribution in [1.82, 2.24) is 0 Å². The smallest absolute Gasteiger partial charge is 0.302 e. The minimum Gasteiger partial charge on any atom is -0.462 e. The number of halogens is 1. The van der Waals surface area contributed by atoms with Crippen LogP contribution in [0.2, 0.25) is 0 Å². The van der Waals surface area contributed by atoms with Crippen LogP contribution in [0.5, 0.6) is 0 Å². The Balaban J connectivity index is 2.65. The lowest BCUT2D eigenvalue weighted by atomic mass is 9.72. The molecule has 1 aliphatic carbocycles. The molecule has 1 aliphatic rings. The molecule has 0 saturated carbocycles. The topological polar surface area (TPSA) is 26.3 Å². The Labute approximate surface area is 162 Å². The average Bonchev–Trinajstić information content (AvgIpc) is 2.50. The van der Waals surface area contributed by atoms with Crippen LogP contribution in [0.15, 0.2) is 47.1 Å². The first-order valence-electron chi connectivity index (χ1n) is 9.14. The SMILES string of the molecule is CC(=O)OC/C=C(C)\C=C\C(Br)C(C)/C=C/C1=C(C)CCCC1(C)C. The zero-order valence-corrected chi connectivity index (χ0v) is 18.2. The van der Waals surface area contributed by atoms with E-state index in [0.29, 0.717) is 12.5 Å². The van der Waals surface area contributed by atoms with Crippen molar-refractivity contribution < 1.29 is 9.53 Å². The molecule has 1 rings (SSSR count). The summed E-state index contributed by atoms with van der Waals surface area (Å²) in [4.78, 5) is 11.0. The first-order valence-corrected chi connectivity index (χ1v) is 10.1. The summed E-state index contributed by atoms with van der Waals surface area (Å²) >= 11 is 3.77. The molecule has 0 aromatic rings. The average molecular weight is 409 g/mol. The number of hydrogen-bond acceptors (Lipinski definition) is 2. The van der Waals surface area contributed by atoms with Gasteiger partial charge in [-0.05, 0) is 56.1 Å². The number of rotatable bonds is 7. The lowest BCUT2D eigenvalue weighted by Crippen LogP contribution is -2.19. The Bertz CT molecular complexity index is 579. The van der Waals surface area contributed by atoms with E-state index in [4.69, 9.17) is 4.74 Å². The third-order valence-corrected chi connectivity index (χ3v) is 5.99. The maximum absolute atomic E-state index is 10.8. The van der Waals surface area contributed by atoms with E-state index in [1.807, 2.05) is 13.0 Å². The van der Waals surface area contributed by atoms with E-state index >= 15 is 0 Å². The number of carbonyl (C=O) groups excluding carboxylic acids is 1. The molecule has 2 atom stereocenters. The Kier molecular flexibility index (Phi) is 8.92. The second-order valence-electron chi connectivity index (χ2n) is 7.70. The summed E-state index contributed by atoms with van der Waals surface area (Å²) in [6.45, 7) is 13.0. The van der Waals surface area contributed by atoms with Crippen molar-refractivity contribution in [2.75, 3.05) is 6.61 Å². The van der Waals surface area contributed by atoms with Gasteiger partial charge in [0.25, 0.3) is 0 Å². The minimum absolute atomic E-state index is 0.250. The zero-order valence-electron chi connectivity index (χ0n) is 16.6. The van der Waals surface area contributed by atoms with Gasteiger partial charge in [0, 0.05) is 11.8 Å². The molecule has 0 bridgehead atoms. The van der Waals surface area contributed by atoms with Gasteiger partial charge in [-0.25, -0.2) is 0 Å². The number of alkyl halides is 1. The lowest BCUT2D eigenvalue weighted by molar-refractivity contribution is -0.139. The summed E-state index contributed by atoms with van der Waals surface area (Å²) in [5.41, 5.74) is 4.41. The first-order chi connectivity index (χ1) is 11.6. The van der Waals surface area contributed by atoms with E-state index in [1.165, 1.54) is 37.3 Å². The Hall–Kier alpha value is -1.09. The highest BCUT2D eigenvalue weighted by molar-refractivity contribution is 9.09. The van der Waals surface area contributed by atoms with Crippen molar-refractivity contribution in [2.45, 2.75) is 65.6 Å². The molecular weight excluding hydrogens is 376 g/mol. The van der Waals surface area contributed by atoms with Gasteiger partial charge in [0.15, 0.2) is 0 Å². The van der Waals surface area contributed by atoms with Gasteiger partial charge in [-0.15, -0.1) is 0 Å². The summed E-state index contributed by atoms with van der Waals surface area (Å²) in [6, 6.07) is 0. The minimum atomic E-state index is -0.250. The Morgan fingerprint density at radius 3 is 2.60 bits per heavy atom. The van der Waals surface area contributed by atoms with E-state index in [0.717, 1.165) is 5.57 Å². The Morgan fingerprint density at radius 1 is 1.32 bits per heavy atom. The third-order valence-electron chi connectivity index (χ3n) is 4.85. The van der Waals surface area contributed by atoms with Gasteiger partial charge in [0.2, 0.25) is 0 Å². The predicted octanol–water partition coefficient (Wildman–Crippen LogP) is 6.53. The zero-order chi connectivity index (χ0) is 19.0. The largest absolute Gasteiger partial charge is 0.462 e. The van der Waals surface area contributed by atoms with Gasteiger partial charge >= 0.3 is 5.97 Å². The molecule has 0 aromatic heterocycles. The Morgan fingerprint density at radius 2 is 2.00 bits per heavy atom. The van der Waals surface area contributed by atoms with Crippen molar-refractivity contribution >= 4 is 21.9 Å². The van der Waals surface area contributed by atoms with Crippen molar-refractivity contribution in [3.05, 3.63) is 47.1 Å². The van der Waals surface area contributed by atoms with E-state index in [1.54, 1.807) is 0 Å². The molecular formula is C22H33BrO2. The number of allylic oxidation sites excluding steroid dienone is 7. The summed E-state index contributed by atoms with van der Waals surface area (Å²) in [7, 11) is 0. The standard InChI is InChI=1S/C22H33BrO2/c1-16(13-15-25-19(4)24)9-12-21(23)18(3)10-11-20-17(2)8-7-14-22(20,5)6/h9-13,18,21H,7-8,14-15H2,1-6H3/b11-10+,12-9+,16-13-. The van der Waals surface area contributed by atoms with Crippen LogP contribution < -0.4 is 0 Å². The molecule has 0 fully saturated rings. The van der Waals surface area contributed by atoms with Gasteiger partial charge in [0.1, 0.15) is 6.61 Å². The highest BCUT2D eigenvalue weighted by Gasteiger charge is 2.26. The number of esters is 1. The fourth-order valence-corrected chi connectivity index (χ4v) is 3.47. The number of hydrogen-bond donors (Lipinski definition) is 0. The van der Waals surface area contributed by atoms with Crippen LogP contribution in [-0.2, 0) is 9.53 Å². The third kappa shape index (κ3) is 7.77. The second-order valence-corrected chi connectivity index (χ2v) is 8.76. The highest BCUT2D eigenvalue weighted by Crippen LogP contribution is 2.41. The van der Waals surface area contributed by atoms with Crippen molar-refractivity contribution in [2.24, 2.45) is 11.3 Å². The molecule has 0 aromatic carbocycles. The molecule has 140 valence electrons. The molecule has 25 heavy (non-hydrogen) atoms. The van der Waals surface area contributed by atoms with Crippen LogP contribution in [-0.4, -0.2) is 17.4 Å². The molecule has 2 unspecified atom stereocenters. The molecule has 0 radical (unpaired) electrons. The van der Waals surface area contributed by atoms with Crippen molar-refractivity contribution in [1.29, 1.82) is 0 Å². The summed E-state index contributed by atoms with van der Waals surface area (Å²) in [5.74, 6) is 0.149. The molecule has 0 saturated heterocycles. The summed E-state index contributed by atoms with van der Waals surface area (Å²) < 4.78 is 4.92. The van der Waals surface area contributed by atoms with Gasteiger partial charge < -0.3 is 4.74 Å². The van der Waals surface area contributed by atoms with Crippen LogP contribution in [0, 0.1) is 11.3 Å². The molecule has 0 N–H and O–H groups in total. The quantitative estimate of drug-likeness (QED) is 0.271. The molecule has 0 heterocycles. The highest BCUT2D eigenvalue weighted by atomic mass is 79.9. The molecule has 0 amide bonds. The van der Waals surface area contributed by atoms with Gasteiger partial charge in [-0.1, -0.05) is 72.2 Å². The first kappa shape index (κ1) is 22.0. The monoisotopic (exact) mass is 408 g/mol.